The molecule has 0 N–H and O–H groups in total. The minimum atomic E-state index is -1.27. The molecule has 15 heavy (non-hydrogen) atoms. The van der Waals surface area contributed by atoms with Gasteiger partial charge in [0, 0.05) is 19.6 Å². The van der Waals surface area contributed by atoms with E-state index in [-0.39, 0.29) is 0 Å². The normalized spacial score (nSPS) is 12.9. The maximum Gasteiger partial charge on any atom is 0.104 e. The van der Waals surface area contributed by atoms with Crippen LogP contribution in [0.2, 0.25) is 44.8 Å². The minimum Gasteiger partial charge on any atom is -0.266 e. The van der Waals surface area contributed by atoms with Crippen molar-refractivity contribution >= 4 is 21.5 Å². The molecule has 84 valence electrons. The van der Waals surface area contributed by atoms with E-state index >= 15 is 0 Å². The molecule has 0 unspecified atom stereocenters. The van der Waals surface area contributed by atoms with E-state index in [1.54, 1.807) is 0 Å². The molecule has 0 fully saturated rings. The van der Waals surface area contributed by atoms with Crippen molar-refractivity contribution in [2.45, 2.75) is 44.8 Å². The smallest absolute Gasteiger partial charge is 0.104 e. The third-order valence-electron chi connectivity index (χ3n) is 2.86. The second-order valence-electron chi connectivity index (χ2n) is 6.16. The summed E-state index contributed by atoms with van der Waals surface area (Å²) in [5.74, 6) is 0. The first-order valence-electron chi connectivity index (χ1n) is 5.73. The molecule has 3 heteroatoms. The van der Waals surface area contributed by atoms with Gasteiger partial charge in [0.25, 0.3) is 0 Å². The van der Waals surface area contributed by atoms with Gasteiger partial charge >= 0.3 is 0 Å². The minimum absolute atomic E-state index is 0.893. The van der Waals surface area contributed by atoms with Crippen LogP contribution in [0, 0.1) is 0 Å². The maximum absolute atomic E-state index is 4.53. The molecule has 0 amide bonds. The Balaban J connectivity index is 2.68. The van der Waals surface area contributed by atoms with Crippen molar-refractivity contribution in [3.8, 4) is 0 Å². The number of rotatable bonds is 4. The molecule has 0 radical (unpaired) electrons. The molecular weight excluding hydrogens is 214 g/mol. The Kier molecular flexibility index (Phi) is 3.89. The third-order valence-corrected chi connectivity index (χ3v) is 8.29. The van der Waals surface area contributed by atoms with Crippen LogP contribution in [0.4, 0.5) is 0 Å². The van der Waals surface area contributed by atoms with Gasteiger partial charge in [-0.25, -0.2) is 0 Å². The van der Waals surface area contributed by atoms with Crippen LogP contribution in [0.15, 0.2) is 24.4 Å². The Morgan fingerprint density at radius 1 is 1.00 bits per heavy atom. The van der Waals surface area contributed by atoms with E-state index < -0.39 is 16.1 Å². The molecule has 0 bridgehead atoms. The number of aromatic nitrogens is 1. The van der Waals surface area contributed by atoms with Gasteiger partial charge < -0.3 is 0 Å². The Bertz CT molecular complexity index is 301. The summed E-state index contributed by atoms with van der Waals surface area (Å²) in [6, 6.07) is 9.15. The molecule has 1 nitrogen and oxygen atoms in total. The molecule has 0 aromatic carbocycles. The van der Waals surface area contributed by atoms with Crippen LogP contribution in [0.5, 0.6) is 0 Å². The van der Waals surface area contributed by atoms with E-state index in [0.717, 1.165) is 0 Å². The van der Waals surface area contributed by atoms with Gasteiger partial charge in [0.15, 0.2) is 0 Å². The van der Waals surface area contributed by atoms with Crippen LogP contribution in [-0.4, -0.2) is 21.1 Å². The largest absolute Gasteiger partial charge is 0.266 e. The zero-order valence-corrected chi connectivity index (χ0v) is 12.7. The van der Waals surface area contributed by atoms with Gasteiger partial charge in [0.05, 0.1) is 0 Å². The van der Waals surface area contributed by atoms with Crippen molar-refractivity contribution in [3.05, 3.63) is 24.4 Å². The summed E-state index contributed by atoms with van der Waals surface area (Å²) in [5, 5.41) is 1.36. The molecule has 1 rings (SSSR count). The number of pyridine rings is 1. The standard InChI is InChI=1S/C12H23NSi2/c1-14(2,3)10-11-15(4,5)12-8-6-7-9-13-12/h6-9H,10-11H2,1-5H3. The maximum atomic E-state index is 4.53. The van der Waals surface area contributed by atoms with E-state index in [1.807, 2.05) is 12.3 Å². The Morgan fingerprint density at radius 3 is 2.13 bits per heavy atom. The average Bonchev–Trinajstić information content (AvgIpc) is 2.16. The van der Waals surface area contributed by atoms with E-state index in [0.29, 0.717) is 0 Å². The molecule has 1 aromatic heterocycles. The Hall–Kier alpha value is -0.416. The van der Waals surface area contributed by atoms with Crippen molar-refractivity contribution < 1.29 is 0 Å². The average molecular weight is 237 g/mol. The van der Waals surface area contributed by atoms with Gasteiger partial charge in [-0.1, -0.05) is 50.9 Å². The lowest BCUT2D eigenvalue weighted by Crippen LogP contribution is -2.44. The van der Waals surface area contributed by atoms with E-state index in [9.17, 15) is 0 Å². The zero-order valence-electron chi connectivity index (χ0n) is 10.7. The quantitative estimate of drug-likeness (QED) is 0.732. The topological polar surface area (TPSA) is 12.9 Å². The summed E-state index contributed by atoms with van der Waals surface area (Å²) in [4.78, 5) is 4.53. The summed E-state index contributed by atoms with van der Waals surface area (Å²) in [5.41, 5.74) is 0. The van der Waals surface area contributed by atoms with Gasteiger partial charge in [-0.05, 0) is 12.1 Å². The van der Waals surface area contributed by atoms with Crippen molar-refractivity contribution in [1.82, 2.24) is 4.98 Å². The summed E-state index contributed by atoms with van der Waals surface area (Å²) in [7, 11) is -2.16. The Labute approximate surface area is 96.0 Å². The van der Waals surface area contributed by atoms with Crippen molar-refractivity contribution in [2.75, 3.05) is 0 Å². The number of hydrogen-bond acceptors (Lipinski definition) is 1. The lowest BCUT2D eigenvalue weighted by atomic mass is 10.5. The number of hydrogen-bond donors (Lipinski definition) is 0. The van der Waals surface area contributed by atoms with Crippen molar-refractivity contribution in [3.63, 3.8) is 0 Å². The third kappa shape index (κ3) is 4.30. The molecule has 1 heterocycles. The first kappa shape index (κ1) is 12.7. The first-order valence-corrected chi connectivity index (χ1v) is 12.6. The SMILES string of the molecule is C[Si](C)(C)CC[Si](C)(C)c1ccccn1. The fourth-order valence-electron chi connectivity index (χ4n) is 1.58. The Morgan fingerprint density at radius 2 is 1.67 bits per heavy atom. The van der Waals surface area contributed by atoms with Crippen LogP contribution >= 0.6 is 0 Å². The molecule has 1 aromatic rings. The highest BCUT2D eigenvalue weighted by molar-refractivity contribution is 6.90. The van der Waals surface area contributed by atoms with Gasteiger partial charge in [0.2, 0.25) is 0 Å². The van der Waals surface area contributed by atoms with Crippen LogP contribution < -0.4 is 5.32 Å². The van der Waals surface area contributed by atoms with E-state index in [1.165, 1.54) is 17.4 Å². The summed E-state index contributed by atoms with van der Waals surface area (Å²) < 4.78 is 0. The molecule has 0 saturated carbocycles. The highest BCUT2D eigenvalue weighted by atomic mass is 28.3. The number of nitrogens with zero attached hydrogens (tertiary/aromatic N) is 1. The van der Waals surface area contributed by atoms with E-state index in [4.69, 9.17) is 0 Å². The zero-order chi connectivity index (χ0) is 11.5. The summed E-state index contributed by atoms with van der Waals surface area (Å²) in [6.45, 7) is 12.2. The molecule has 0 aliphatic carbocycles. The van der Waals surface area contributed by atoms with E-state index in [2.05, 4.69) is 49.9 Å². The second-order valence-corrected chi connectivity index (χ2v) is 16.6. The lowest BCUT2D eigenvalue weighted by molar-refractivity contribution is 1.26. The van der Waals surface area contributed by atoms with Crippen LogP contribution in [0.3, 0.4) is 0 Å². The molecule has 0 aliphatic heterocycles. The predicted octanol–water partition coefficient (Wildman–Crippen LogP) is 3.34. The van der Waals surface area contributed by atoms with Gasteiger partial charge in [-0.15, -0.1) is 0 Å². The van der Waals surface area contributed by atoms with Crippen LogP contribution in [0.1, 0.15) is 0 Å². The molecule has 0 atom stereocenters. The molecule has 0 saturated heterocycles. The van der Waals surface area contributed by atoms with Crippen molar-refractivity contribution in [1.29, 1.82) is 0 Å². The fraction of sp³-hybridized carbons (Fsp3) is 0.583. The van der Waals surface area contributed by atoms with Crippen molar-refractivity contribution in [2.24, 2.45) is 0 Å². The van der Waals surface area contributed by atoms with Gasteiger partial charge in [0.1, 0.15) is 8.07 Å². The van der Waals surface area contributed by atoms with Gasteiger partial charge in [-0.3, -0.25) is 4.98 Å². The van der Waals surface area contributed by atoms with Crippen LogP contribution in [0.25, 0.3) is 0 Å². The predicted molar refractivity (Wildman–Crippen MR) is 74.3 cm³/mol. The lowest BCUT2D eigenvalue weighted by Gasteiger charge is -2.25. The molecule has 0 spiro atoms. The summed E-state index contributed by atoms with van der Waals surface area (Å²) >= 11 is 0. The highest BCUT2D eigenvalue weighted by Crippen LogP contribution is 2.19. The second kappa shape index (κ2) is 4.62. The summed E-state index contributed by atoms with van der Waals surface area (Å²) in [6.07, 6.45) is 1.93. The molecular formula is C12H23NSi2. The molecule has 0 aliphatic rings. The monoisotopic (exact) mass is 237 g/mol. The van der Waals surface area contributed by atoms with Gasteiger partial charge in [-0.2, -0.15) is 0 Å². The fourth-order valence-corrected chi connectivity index (χ4v) is 8.31. The highest BCUT2D eigenvalue weighted by Gasteiger charge is 2.27. The first-order chi connectivity index (χ1) is 6.81. The van der Waals surface area contributed by atoms with Crippen LogP contribution in [-0.2, 0) is 0 Å².